The molecule has 1 aliphatic carbocycles. The number of benzene rings is 1. The van der Waals surface area contributed by atoms with Crippen LogP contribution in [0.2, 0.25) is 0 Å². The van der Waals surface area contributed by atoms with Crippen LogP contribution >= 0.6 is 11.3 Å². The molecule has 27 heavy (non-hydrogen) atoms. The number of amides is 2. The molecule has 1 saturated carbocycles. The zero-order chi connectivity index (χ0) is 19.0. The molecule has 1 aromatic carbocycles. The molecule has 0 spiro atoms. The average molecular weight is 394 g/mol. The van der Waals surface area contributed by atoms with E-state index in [0.29, 0.717) is 22.3 Å². The van der Waals surface area contributed by atoms with Crippen LogP contribution in [0.4, 0.5) is 29.3 Å². The minimum absolute atomic E-state index is 0.276. The van der Waals surface area contributed by atoms with Gasteiger partial charge in [-0.1, -0.05) is 17.3 Å². The highest BCUT2D eigenvalue weighted by Crippen LogP contribution is 2.40. The molecule has 2 heterocycles. The largest absolute Gasteiger partial charge is 0.418 e. The second-order valence-electron chi connectivity index (χ2n) is 6.02. The first-order valence-electron chi connectivity index (χ1n) is 8.07. The summed E-state index contributed by atoms with van der Waals surface area (Å²) in [4.78, 5) is 17.1. The third-order valence-electron chi connectivity index (χ3n) is 3.97. The van der Waals surface area contributed by atoms with Crippen molar-refractivity contribution in [2.45, 2.75) is 24.9 Å². The molecular weight excluding hydrogens is 381 g/mol. The predicted molar refractivity (Wildman–Crippen MR) is 93.7 cm³/mol. The maximum absolute atomic E-state index is 13.0. The summed E-state index contributed by atoms with van der Waals surface area (Å²) in [7, 11) is 0. The number of anilines is 2. The summed E-state index contributed by atoms with van der Waals surface area (Å²) in [6, 6.07) is 5.60. The second kappa shape index (κ2) is 6.69. The topological polar surface area (TPSA) is 80.0 Å². The summed E-state index contributed by atoms with van der Waals surface area (Å²) in [5.74, 6) is 1.23. The second-order valence-corrected chi connectivity index (χ2v) is 6.93. The molecule has 140 valence electrons. The Morgan fingerprint density at radius 1 is 1.15 bits per heavy atom. The molecule has 0 aliphatic heterocycles. The third kappa shape index (κ3) is 3.80. The summed E-state index contributed by atoms with van der Waals surface area (Å²) in [5.41, 5.74) is -0.863. The highest BCUT2D eigenvalue weighted by atomic mass is 32.1. The SMILES string of the molecule is O=C(Nc1ccccc1C(F)(F)F)Nc1ccsc1-c1nc(C2CC2)no1. The van der Waals surface area contributed by atoms with Gasteiger partial charge in [0, 0.05) is 5.92 Å². The Hall–Kier alpha value is -2.88. The first-order valence-corrected chi connectivity index (χ1v) is 8.95. The van der Waals surface area contributed by atoms with Gasteiger partial charge in [0.15, 0.2) is 5.82 Å². The van der Waals surface area contributed by atoms with Gasteiger partial charge in [0.25, 0.3) is 5.89 Å². The van der Waals surface area contributed by atoms with Crippen molar-refractivity contribution in [3.8, 4) is 10.8 Å². The number of carbonyl (C=O) groups excluding carboxylic acids is 1. The van der Waals surface area contributed by atoms with Gasteiger partial charge in [-0.2, -0.15) is 18.2 Å². The van der Waals surface area contributed by atoms with E-state index < -0.39 is 17.8 Å². The average Bonchev–Trinajstić information content (AvgIpc) is 3.17. The fraction of sp³-hybridized carbons (Fsp3) is 0.235. The van der Waals surface area contributed by atoms with Crippen LogP contribution < -0.4 is 10.6 Å². The van der Waals surface area contributed by atoms with Crippen LogP contribution in [0.25, 0.3) is 10.8 Å². The van der Waals surface area contributed by atoms with Crippen molar-refractivity contribution in [1.29, 1.82) is 0 Å². The van der Waals surface area contributed by atoms with Crippen LogP contribution in [0.1, 0.15) is 30.1 Å². The van der Waals surface area contributed by atoms with Gasteiger partial charge in [0.1, 0.15) is 4.88 Å². The summed E-state index contributed by atoms with van der Waals surface area (Å²) < 4.78 is 44.4. The minimum atomic E-state index is -4.57. The molecule has 1 aliphatic rings. The van der Waals surface area contributed by atoms with Gasteiger partial charge in [-0.05, 0) is 36.4 Å². The monoisotopic (exact) mass is 394 g/mol. The Morgan fingerprint density at radius 2 is 1.89 bits per heavy atom. The lowest BCUT2D eigenvalue weighted by molar-refractivity contribution is -0.136. The highest BCUT2D eigenvalue weighted by Gasteiger charge is 2.33. The number of hydrogen-bond acceptors (Lipinski definition) is 5. The van der Waals surface area contributed by atoms with E-state index in [1.54, 1.807) is 11.4 Å². The Labute approximate surface area is 155 Å². The van der Waals surface area contributed by atoms with Gasteiger partial charge < -0.3 is 15.2 Å². The van der Waals surface area contributed by atoms with E-state index in [4.69, 9.17) is 4.52 Å². The van der Waals surface area contributed by atoms with Crippen molar-refractivity contribution in [3.63, 3.8) is 0 Å². The molecule has 0 radical (unpaired) electrons. The van der Waals surface area contributed by atoms with Crippen LogP contribution in [0.5, 0.6) is 0 Å². The van der Waals surface area contributed by atoms with Crippen molar-refractivity contribution < 1.29 is 22.5 Å². The van der Waals surface area contributed by atoms with Gasteiger partial charge in [-0.15, -0.1) is 11.3 Å². The van der Waals surface area contributed by atoms with Crippen LogP contribution in [-0.4, -0.2) is 16.2 Å². The van der Waals surface area contributed by atoms with Crippen molar-refractivity contribution in [2.75, 3.05) is 10.6 Å². The molecule has 2 aromatic heterocycles. The highest BCUT2D eigenvalue weighted by molar-refractivity contribution is 7.14. The van der Waals surface area contributed by atoms with Crippen LogP contribution in [-0.2, 0) is 6.18 Å². The Kier molecular flexibility index (Phi) is 4.34. The van der Waals surface area contributed by atoms with Crippen molar-refractivity contribution in [1.82, 2.24) is 10.1 Å². The molecule has 0 bridgehead atoms. The molecule has 4 rings (SSSR count). The van der Waals surface area contributed by atoms with E-state index in [0.717, 1.165) is 18.9 Å². The van der Waals surface area contributed by atoms with E-state index in [-0.39, 0.29) is 11.6 Å². The first kappa shape index (κ1) is 17.5. The molecule has 0 saturated heterocycles. The van der Waals surface area contributed by atoms with E-state index in [1.165, 1.54) is 29.5 Å². The number of hydrogen-bond donors (Lipinski definition) is 2. The molecule has 6 nitrogen and oxygen atoms in total. The maximum Gasteiger partial charge on any atom is 0.418 e. The number of rotatable bonds is 4. The van der Waals surface area contributed by atoms with Gasteiger partial charge in [0.2, 0.25) is 0 Å². The minimum Gasteiger partial charge on any atom is -0.333 e. The quantitative estimate of drug-likeness (QED) is 0.626. The van der Waals surface area contributed by atoms with Gasteiger partial charge >= 0.3 is 12.2 Å². The molecular formula is C17H13F3N4O2S. The molecule has 2 N–H and O–H groups in total. The lowest BCUT2D eigenvalue weighted by atomic mass is 10.1. The predicted octanol–water partition coefficient (Wildman–Crippen LogP) is 5.34. The van der Waals surface area contributed by atoms with Crippen molar-refractivity contribution in [3.05, 3.63) is 47.1 Å². The third-order valence-corrected chi connectivity index (χ3v) is 4.87. The maximum atomic E-state index is 13.0. The number of carbonyl (C=O) groups is 1. The van der Waals surface area contributed by atoms with E-state index in [2.05, 4.69) is 20.8 Å². The lowest BCUT2D eigenvalue weighted by Crippen LogP contribution is -2.21. The van der Waals surface area contributed by atoms with Crippen molar-refractivity contribution >= 4 is 28.7 Å². The number of thiophene rings is 1. The number of alkyl halides is 3. The lowest BCUT2D eigenvalue weighted by Gasteiger charge is -2.13. The Morgan fingerprint density at radius 3 is 2.63 bits per heavy atom. The molecule has 10 heteroatoms. The number of nitrogens with one attached hydrogen (secondary N) is 2. The Bertz CT molecular complexity index is 978. The number of urea groups is 1. The number of aromatic nitrogens is 2. The summed E-state index contributed by atoms with van der Waals surface area (Å²) >= 11 is 1.29. The summed E-state index contributed by atoms with van der Waals surface area (Å²) in [6.07, 6.45) is -2.52. The zero-order valence-corrected chi connectivity index (χ0v) is 14.5. The van der Waals surface area contributed by atoms with Gasteiger partial charge in [-0.25, -0.2) is 4.79 Å². The van der Waals surface area contributed by atoms with E-state index >= 15 is 0 Å². The summed E-state index contributed by atoms with van der Waals surface area (Å²) in [6.45, 7) is 0. The Balaban J connectivity index is 1.50. The molecule has 0 unspecified atom stereocenters. The van der Waals surface area contributed by atoms with Crippen molar-refractivity contribution in [2.24, 2.45) is 0 Å². The normalized spacial score (nSPS) is 14.2. The van der Waals surface area contributed by atoms with Gasteiger partial charge in [0.05, 0.1) is 16.9 Å². The standard InChI is InChI=1S/C17H13F3N4O2S/c18-17(19,20)10-3-1-2-4-11(10)21-16(25)22-12-7-8-27-13(12)15-23-14(24-26-15)9-5-6-9/h1-4,7-9H,5-6H2,(H2,21,22,25). The van der Waals surface area contributed by atoms with E-state index in [1.807, 2.05) is 0 Å². The molecule has 0 atom stereocenters. The van der Waals surface area contributed by atoms with E-state index in [9.17, 15) is 18.0 Å². The number of para-hydroxylation sites is 1. The zero-order valence-electron chi connectivity index (χ0n) is 13.7. The fourth-order valence-corrected chi connectivity index (χ4v) is 3.29. The van der Waals surface area contributed by atoms with Gasteiger partial charge in [-0.3, -0.25) is 0 Å². The fourth-order valence-electron chi connectivity index (χ4n) is 2.52. The number of nitrogens with zero attached hydrogens (tertiary/aromatic N) is 2. The van der Waals surface area contributed by atoms with Crippen LogP contribution in [0.15, 0.2) is 40.2 Å². The van der Waals surface area contributed by atoms with Crippen LogP contribution in [0, 0.1) is 0 Å². The first-order chi connectivity index (χ1) is 12.9. The molecule has 2 amide bonds. The smallest absolute Gasteiger partial charge is 0.333 e. The molecule has 3 aromatic rings. The molecule has 1 fully saturated rings. The van der Waals surface area contributed by atoms with Crippen LogP contribution in [0.3, 0.4) is 0 Å². The number of halogens is 3. The summed E-state index contributed by atoms with van der Waals surface area (Å²) in [5, 5.41) is 10.4.